The van der Waals surface area contributed by atoms with Crippen LogP contribution in [0.25, 0.3) is 0 Å². The van der Waals surface area contributed by atoms with Crippen LogP contribution in [0.3, 0.4) is 0 Å². The second-order valence-electron chi connectivity index (χ2n) is 4.74. The third-order valence-corrected chi connectivity index (χ3v) is 3.23. The molecule has 2 rings (SSSR count). The average Bonchev–Trinajstić information content (AvgIpc) is 2.54. The summed E-state index contributed by atoms with van der Waals surface area (Å²) < 4.78 is 5.03. The molecule has 22 heavy (non-hydrogen) atoms. The number of rotatable bonds is 6. The number of carbonyl (C=O) groups is 2. The number of carboxylic acid groups (broad SMARTS) is 1. The largest absolute Gasteiger partial charge is 0.550 e. The highest BCUT2D eigenvalue weighted by Gasteiger charge is 2.16. The van der Waals surface area contributed by atoms with Crippen LogP contribution < -0.4 is 15.2 Å². The molecule has 0 heterocycles. The van der Waals surface area contributed by atoms with Gasteiger partial charge in [0.15, 0.2) is 0 Å². The molecular formula is C17H16NO4-. The quantitative estimate of drug-likeness (QED) is 0.872. The zero-order chi connectivity index (χ0) is 15.9. The maximum absolute atomic E-state index is 12.2. The zero-order valence-corrected chi connectivity index (χ0v) is 12.1. The van der Waals surface area contributed by atoms with Crippen molar-refractivity contribution in [2.75, 3.05) is 7.11 Å². The second-order valence-corrected chi connectivity index (χ2v) is 4.74. The first-order chi connectivity index (χ1) is 10.6. The lowest BCUT2D eigenvalue weighted by molar-refractivity contribution is -0.306. The Morgan fingerprint density at radius 3 is 2.27 bits per heavy atom. The number of aliphatic carboxylic acids is 1. The van der Waals surface area contributed by atoms with Crippen LogP contribution in [0.4, 0.5) is 0 Å². The predicted molar refractivity (Wildman–Crippen MR) is 79.3 cm³/mol. The normalized spacial score (nSPS) is 11.5. The van der Waals surface area contributed by atoms with Crippen LogP contribution >= 0.6 is 0 Å². The topological polar surface area (TPSA) is 78.5 Å². The summed E-state index contributed by atoms with van der Waals surface area (Å²) in [6.07, 6.45) is -0.286. The molecule has 0 radical (unpaired) electrons. The van der Waals surface area contributed by atoms with E-state index in [1.165, 1.54) is 0 Å². The van der Waals surface area contributed by atoms with Crippen molar-refractivity contribution in [3.05, 3.63) is 65.7 Å². The second kappa shape index (κ2) is 7.26. The Morgan fingerprint density at radius 2 is 1.73 bits per heavy atom. The Kier molecular flexibility index (Phi) is 5.14. The van der Waals surface area contributed by atoms with E-state index >= 15 is 0 Å². The minimum absolute atomic E-state index is 0.286. The monoisotopic (exact) mass is 298 g/mol. The van der Waals surface area contributed by atoms with Gasteiger partial charge in [-0.15, -0.1) is 0 Å². The summed E-state index contributed by atoms with van der Waals surface area (Å²) in [7, 11) is 1.54. The Hall–Kier alpha value is -2.82. The van der Waals surface area contributed by atoms with Crippen molar-refractivity contribution in [1.82, 2.24) is 5.32 Å². The number of ether oxygens (including phenoxy) is 1. The molecule has 0 bridgehead atoms. The van der Waals surface area contributed by atoms with Crippen LogP contribution in [-0.2, 0) is 4.79 Å². The molecule has 5 nitrogen and oxygen atoms in total. The number of carbonyl (C=O) groups excluding carboxylic acids is 2. The number of amides is 1. The lowest BCUT2D eigenvalue weighted by Crippen LogP contribution is -2.34. The predicted octanol–water partition coefficient (Wildman–Crippen LogP) is 1.31. The highest BCUT2D eigenvalue weighted by molar-refractivity contribution is 5.94. The van der Waals surface area contributed by atoms with Crippen molar-refractivity contribution >= 4 is 11.9 Å². The van der Waals surface area contributed by atoms with Crippen molar-refractivity contribution in [3.63, 3.8) is 0 Å². The molecule has 0 spiro atoms. The van der Waals surface area contributed by atoms with E-state index in [2.05, 4.69) is 5.32 Å². The molecule has 2 aromatic carbocycles. The number of carboxylic acids is 1. The van der Waals surface area contributed by atoms with Crippen LogP contribution in [0.5, 0.6) is 5.75 Å². The Balaban J connectivity index is 2.15. The van der Waals surface area contributed by atoms with E-state index in [1.807, 2.05) is 6.07 Å². The average molecular weight is 298 g/mol. The standard InChI is InChI=1S/C17H17NO4/c1-22-14-9-7-13(8-10-14)17(21)18-15(11-16(19)20)12-5-3-2-4-6-12/h2-10,15H,11H2,1H3,(H,18,21)(H,19,20)/p-1/t15-/m0/s1. The first-order valence-electron chi connectivity index (χ1n) is 6.80. The third-order valence-electron chi connectivity index (χ3n) is 3.23. The van der Waals surface area contributed by atoms with Gasteiger partial charge in [-0.1, -0.05) is 30.3 Å². The van der Waals surface area contributed by atoms with Gasteiger partial charge in [-0.05, 0) is 29.8 Å². The summed E-state index contributed by atoms with van der Waals surface area (Å²) >= 11 is 0. The van der Waals surface area contributed by atoms with Gasteiger partial charge in [0.05, 0.1) is 13.2 Å². The van der Waals surface area contributed by atoms with Gasteiger partial charge in [-0.25, -0.2) is 0 Å². The molecule has 5 heteroatoms. The van der Waals surface area contributed by atoms with Crippen molar-refractivity contribution in [2.24, 2.45) is 0 Å². The Morgan fingerprint density at radius 1 is 1.09 bits per heavy atom. The van der Waals surface area contributed by atoms with Crippen molar-refractivity contribution in [1.29, 1.82) is 0 Å². The molecule has 1 N–H and O–H groups in total. The minimum atomic E-state index is -1.22. The van der Waals surface area contributed by atoms with Crippen LogP contribution in [0, 0.1) is 0 Å². The smallest absolute Gasteiger partial charge is 0.251 e. The van der Waals surface area contributed by atoms with E-state index in [1.54, 1.807) is 55.6 Å². The van der Waals surface area contributed by atoms with Crippen molar-refractivity contribution in [2.45, 2.75) is 12.5 Å². The van der Waals surface area contributed by atoms with Crippen LogP contribution in [0.2, 0.25) is 0 Å². The van der Waals surface area contributed by atoms with Gasteiger partial charge >= 0.3 is 0 Å². The molecule has 0 aliphatic carbocycles. The summed E-state index contributed by atoms with van der Waals surface area (Å²) in [6, 6.07) is 14.9. The first-order valence-corrected chi connectivity index (χ1v) is 6.80. The third kappa shape index (κ3) is 4.09. The van der Waals surface area contributed by atoms with Gasteiger partial charge < -0.3 is 20.0 Å². The SMILES string of the molecule is COc1ccc(C(=O)N[C@@H](CC(=O)[O-])c2ccccc2)cc1. The number of benzene rings is 2. The highest BCUT2D eigenvalue weighted by Crippen LogP contribution is 2.18. The fraction of sp³-hybridized carbons (Fsp3) is 0.176. The van der Waals surface area contributed by atoms with Crippen molar-refractivity contribution in [3.8, 4) is 5.75 Å². The van der Waals surface area contributed by atoms with Crippen LogP contribution in [0.1, 0.15) is 28.4 Å². The lowest BCUT2D eigenvalue weighted by Gasteiger charge is -2.20. The number of hydrogen-bond donors (Lipinski definition) is 1. The van der Waals surface area contributed by atoms with Crippen LogP contribution in [0.15, 0.2) is 54.6 Å². The van der Waals surface area contributed by atoms with Gasteiger partial charge in [-0.2, -0.15) is 0 Å². The van der Waals surface area contributed by atoms with E-state index in [4.69, 9.17) is 4.74 Å². The van der Waals surface area contributed by atoms with E-state index in [9.17, 15) is 14.7 Å². The number of methoxy groups -OCH3 is 1. The van der Waals surface area contributed by atoms with Gasteiger partial charge in [0.2, 0.25) is 0 Å². The molecule has 114 valence electrons. The highest BCUT2D eigenvalue weighted by atomic mass is 16.5. The van der Waals surface area contributed by atoms with Gasteiger partial charge in [0.1, 0.15) is 5.75 Å². The minimum Gasteiger partial charge on any atom is -0.550 e. The Labute approximate surface area is 128 Å². The zero-order valence-electron chi connectivity index (χ0n) is 12.1. The summed E-state index contributed by atoms with van der Waals surface area (Å²) in [6.45, 7) is 0. The number of nitrogens with one attached hydrogen (secondary N) is 1. The van der Waals surface area contributed by atoms with Gasteiger partial charge in [-0.3, -0.25) is 4.79 Å². The molecule has 0 aliphatic heterocycles. The lowest BCUT2D eigenvalue weighted by atomic mass is 10.0. The maximum Gasteiger partial charge on any atom is 0.251 e. The molecule has 0 saturated carbocycles. The fourth-order valence-corrected chi connectivity index (χ4v) is 2.09. The molecule has 0 fully saturated rings. The van der Waals surface area contributed by atoms with E-state index in [-0.39, 0.29) is 12.3 Å². The molecule has 2 aromatic rings. The molecular weight excluding hydrogens is 282 g/mol. The molecule has 1 atom stereocenters. The fourth-order valence-electron chi connectivity index (χ4n) is 2.09. The molecule has 0 unspecified atom stereocenters. The molecule has 0 saturated heterocycles. The number of hydrogen-bond acceptors (Lipinski definition) is 4. The van der Waals surface area contributed by atoms with E-state index in [0.29, 0.717) is 16.9 Å². The molecule has 0 aromatic heterocycles. The Bertz CT molecular complexity index is 637. The summed E-state index contributed by atoms with van der Waals surface area (Å²) in [4.78, 5) is 23.1. The molecule has 0 aliphatic rings. The summed E-state index contributed by atoms with van der Waals surface area (Å²) in [5.74, 6) is -0.924. The van der Waals surface area contributed by atoms with Gasteiger partial charge in [0, 0.05) is 18.0 Å². The maximum atomic E-state index is 12.2. The van der Waals surface area contributed by atoms with Crippen molar-refractivity contribution < 1.29 is 19.4 Å². The first kappa shape index (κ1) is 15.6. The van der Waals surface area contributed by atoms with Gasteiger partial charge in [0.25, 0.3) is 5.91 Å². The van der Waals surface area contributed by atoms with E-state index in [0.717, 1.165) is 0 Å². The van der Waals surface area contributed by atoms with Crippen LogP contribution in [-0.4, -0.2) is 19.0 Å². The van der Waals surface area contributed by atoms with E-state index < -0.39 is 12.0 Å². The summed E-state index contributed by atoms with van der Waals surface area (Å²) in [5, 5.41) is 13.6. The molecule has 1 amide bonds. The summed E-state index contributed by atoms with van der Waals surface area (Å²) in [5.41, 5.74) is 1.15.